The third-order valence-electron chi connectivity index (χ3n) is 4.80. The molecular weight excluding hydrogens is 196 g/mol. The molecule has 0 saturated heterocycles. The van der Waals surface area contributed by atoms with E-state index in [9.17, 15) is 0 Å². The molecule has 0 aromatic carbocycles. The highest BCUT2D eigenvalue weighted by Gasteiger charge is 2.30. The van der Waals surface area contributed by atoms with Crippen LogP contribution in [0.4, 0.5) is 0 Å². The van der Waals surface area contributed by atoms with Gasteiger partial charge in [-0.2, -0.15) is 0 Å². The highest BCUT2D eigenvalue weighted by atomic mass is 15.2. The smallest absolute Gasteiger partial charge is 0.0135 e. The lowest BCUT2D eigenvalue weighted by Gasteiger charge is -2.42. The maximum Gasteiger partial charge on any atom is 0.0135 e. The largest absolute Gasteiger partial charge is 0.330 e. The van der Waals surface area contributed by atoms with Crippen molar-refractivity contribution in [3.8, 4) is 0 Å². The van der Waals surface area contributed by atoms with Gasteiger partial charge in [0.1, 0.15) is 0 Å². The molecule has 4 unspecified atom stereocenters. The molecule has 0 radical (unpaired) electrons. The second kappa shape index (κ2) is 6.61. The molecule has 96 valence electrons. The second-order valence-corrected chi connectivity index (χ2v) is 5.64. The van der Waals surface area contributed by atoms with Crippen LogP contribution in [0.5, 0.6) is 0 Å². The Morgan fingerprint density at radius 2 is 1.88 bits per heavy atom. The fourth-order valence-electron chi connectivity index (χ4n) is 3.04. The molecular formula is C14H30N2. The number of nitrogens with zero attached hydrogens (tertiary/aromatic N) is 1. The van der Waals surface area contributed by atoms with Gasteiger partial charge in [-0.15, -0.1) is 0 Å². The summed E-state index contributed by atoms with van der Waals surface area (Å²) < 4.78 is 0. The zero-order valence-electron chi connectivity index (χ0n) is 11.6. The highest BCUT2D eigenvalue weighted by molar-refractivity contribution is 4.85. The van der Waals surface area contributed by atoms with Crippen LogP contribution < -0.4 is 5.73 Å². The van der Waals surface area contributed by atoms with E-state index in [1.807, 2.05) is 0 Å². The standard InChI is InChI=1S/C14H30N2/c1-5-11(2)12(3)16(4)14-9-7-6-8-13(14)10-15/h11-14H,5-10,15H2,1-4H3. The van der Waals surface area contributed by atoms with E-state index < -0.39 is 0 Å². The molecule has 0 heterocycles. The summed E-state index contributed by atoms with van der Waals surface area (Å²) in [4.78, 5) is 2.60. The van der Waals surface area contributed by atoms with Crippen molar-refractivity contribution >= 4 is 0 Å². The first-order valence-corrected chi connectivity index (χ1v) is 7.03. The lowest BCUT2D eigenvalue weighted by molar-refractivity contribution is 0.0746. The third-order valence-corrected chi connectivity index (χ3v) is 4.80. The van der Waals surface area contributed by atoms with Crippen LogP contribution in [0, 0.1) is 11.8 Å². The second-order valence-electron chi connectivity index (χ2n) is 5.64. The minimum absolute atomic E-state index is 0.683. The van der Waals surface area contributed by atoms with Gasteiger partial charge in [0, 0.05) is 12.1 Å². The first-order valence-electron chi connectivity index (χ1n) is 7.03. The molecule has 1 aliphatic carbocycles. The van der Waals surface area contributed by atoms with Crippen molar-refractivity contribution in [2.75, 3.05) is 13.6 Å². The van der Waals surface area contributed by atoms with Crippen LogP contribution in [0.3, 0.4) is 0 Å². The van der Waals surface area contributed by atoms with Gasteiger partial charge >= 0.3 is 0 Å². The van der Waals surface area contributed by atoms with Gasteiger partial charge < -0.3 is 10.6 Å². The molecule has 1 fully saturated rings. The van der Waals surface area contributed by atoms with Gasteiger partial charge in [0.05, 0.1) is 0 Å². The van der Waals surface area contributed by atoms with Gasteiger partial charge in [-0.05, 0) is 45.2 Å². The van der Waals surface area contributed by atoms with Crippen LogP contribution >= 0.6 is 0 Å². The van der Waals surface area contributed by atoms with Crippen molar-refractivity contribution in [2.24, 2.45) is 17.6 Å². The lowest BCUT2D eigenvalue weighted by atomic mass is 9.82. The van der Waals surface area contributed by atoms with Crippen LogP contribution in [0.2, 0.25) is 0 Å². The average molecular weight is 226 g/mol. The Bertz CT molecular complexity index is 193. The van der Waals surface area contributed by atoms with Gasteiger partial charge in [-0.1, -0.05) is 33.1 Å². The minimum atomic E-state index is 0.683. The van der Waals surface area contributed by atoms with E-state index in [0.29, 0.717) is 6.04 Å². The van der Waals surface area contributed by atoms with Gasteiger partial charge in [-0.3, -0.25) is 0 Å². The van der Waals surface area contributed by atoms with Crippen molar-refractivity contribution < 1.29 is 0 Å². The lowest BCUT2D eigenvalue weighted by Crippen LogP contribution is -2.48. The Labute approximate surface area is 102 Å². The normalized spacial score (nSPS) is 30.4. The van der Waals surface area contributed by atoms with E-state index in [-0.39, 0.29) is 0 Å². The van der Waals surface area contributed by atoms with Crippen molar-refractivity contribution in [2.45, 2.75) is 65.0 Å². The summed E-state index contributed by atoms with van der Waals surface area (Å²) in [7, 11) is 2.30. The summed E-state index contributed by atoms with van der Waals surface area (Å²) in [6.07, 6.45) is 6.71. The van der Waals surface area contributed by atoms with Crippen molar-refractivity contribution in [1.82, 2.24) is 4.90 Å². The zero-order chi connectivity index (χ0) is 12.1. The van der Waals surface area contributed by atoms with Gasteiger partial charge in [0.15, 0.2) is 0 Å². The van der Waals surface area contributed by atoms with Crippen molar-refractivity contribution in [1.29, 1.82) is 0 Å². The fraction of sp³-hybridized carbons (Fsp3) is 1.00. The Kier molecular flexibility index (Phi) is 5.77. The molecule has 2 heteroatoms. The summed E-state index contributed by atoms with van der Waals surface area (Å²) in [5.74, 6) is 1.51. The molecule has 0 spiro atoms. The molecule has 0 aliphatic heterocycles. The fourth-order valence-corrected chi connectivity index (χ4v) is 3.04. The summed E-state index contributed by atoms with van der Waals surface area (Å²) in [6.45, 7) is 7.89. The maximum absolute atomic E-state index is 5.91. The molecule has 2 nitrogen and oxygen atoms in total. The number of nitrogens with two attached hydrogens (primary N) is 1. The van der Waals surface area contributed by atoms with Crippen molar-refractivity contribution in [3.05, 3.63) is 0 Å². The molecule has 0 aromatic rings. The predicted molar refractivity (Wildman–Crippen MR) is 71.5 cm³/mol. The maximum atomic E-state index is 5.91. The molecule has 1 rings (SSSR count). The molecule has 0 bridgehead atoms. The van der Waals surface area contributed by atoms with Crippen LogP contribution in [0.1, 0.15) is 52.9 Å². The summed E-state index contributed by atoms with van der Waals surface area (Å²) >= 11 is 0. The van der Waals surface area contributed by atoms with Crippen LogP contribution in [-0.4, -0.2) is 30.6 Å². The monoisotopic (exact) mass is 226 g/mol. The van der Waals surface area contributed by atoms with Crippen molar-refractivity contribution in [3.63, 3.8) is 0 Å². The summed E-state index contributed by atoms with van der Waals surface area (Å²) in [6, 6.07) is 1.41. The molecule has 4 atom stereocenters. The quantitative estimate of drug-likeness (QED) is 0.781. The third kappa shape index (κ3) is 3.21. The van der Waals surface area contributed by atoms with Crippen LogP contribution in [0.25, 0.3) is 0 Å². The topological polar surface area (TPSA) is 29.3 Å². The summed E-state index contributed by atoms with van der Waals surface area (Å²) in [5, 5.41) is 0. The Morgan fingerprint density at radius 1 is 1.25 bits per heavy atom. The van der Waals surface area contributed by atoms with E-state index >= 15 is 0 Å². The number of hydrogen-bond acceptors (Lipinski definition) is 2. The van der Waals surface area contributed by atoms with Crippen LogP contribution in [0.15, 0.2) is 0 Å². The average Bonchev–Trinajstić information content (AvgIpc) is 2.35. The van der Waals surface area contributed by atoms with E-state index in [4.69, 9.17) is 5.73 Å². The SMILES string of the molecule is CCC(C)C(C)N(C)C1CCCCC1CN. The number of hydrogen-bond donors (Lipinski definition) is 1. The number of rotatable bonds is 5. The molecule has 16 heavy (non-hydrogen) atoms. The van der Waals surface area contributed by atoms with Gasteiger partial charge in [0.25, 0.3) is 0 Å². The van der Waals surface area contributed by atoms with Gasteiger partial charge in [0.2, 0.25) is 0 Å². The van der Waals surface area contributed by atoms with Gasteiger partial charge in [-0.25, -0.2) is 0 Å². The molecule has 1 aliphatic rings. The van der Waals surface area contributed by atoms with E-state index in [1.165, 1.54) is 32.1 Å². The van der Waals surface area contributed by atoms with Crippen LogP contribution in [-0.2, 0) is 0 Å². The first-order chi connectivity index (χ1) is 7.61. The Hall–Kier alpha value is -0.0800. The molecule has 1 saturated carbocycles. The molecule has 0 aromatic heterocycles. The molecule has 2 N–H and O–H groups in total. The first kappa shape index (κ1) is 14.0. The summed E-state index contributed by atoms with van der Waals surface area (Å²) in [5.41, 5.74) is 5.91. The Morgan fingerprint density at radius 3 is 2.44 bits per heavy atom. The van der Waals surface area contributed by atoms with E-state index in [0.717, 1.165) is 24.4 Å². The van der Waals surface area contributed by atoms with E-state index in [1.54, 1.807) is 0 Å². The minimum Gasteiger partial charge on any atom is -0.330 e. The predicted octanol–water partition coefficient (Wildman–Crippen LogP) is 2.87. The highest BCUT2D eigenvalue weighted by Crippen LogP contribution is 2.29. The zero-order valence-corrected chi connectivity index (χ0v) is 11.6. The van der Waals surface area contributed by atoms with E-state index in [2.05, 4.69) is 32.7 Å². The molecule has 0 amide bonds. The Balaban J connectivity index is 2.59.